The third-order valence-electron chi connectivity index (χ3n) is 2.89. The number of benzene rings is 1. The molecule has 0 saturated carbocycles. The summed E-state index contributed by atoms with van der Waals surface area (Å²) in [7, 11) is 0. The maximum atomic E-state index is 11.8. The molecule has 5 nitrogen and oxygen atoms in total. The molecule has 0 unspecified atom stereocenters. The lowest BCUT2D eigenvalue weighted by atomic mass is 10.2. The van der Waals surface area contributed by atoms with Crippen LogP contribution in [-0.4, -0.2) is 17.6 Å². The number of anilines is 2. The molecule has 0 amide bonds. The first-order valence-corrected chi connectivity index (χ1v) is 6.90. The number of carbonyl (C=O) groups excluding carboxylic acids is 1. The Labute approximate surface area is 128 Å². The predicted molar refractivity (Wildman–Crippen MR) is 83.4 cm³/mol. The Morgan fingerprint density at radius 1 is 1.38 bits per heavy atom. The van der Waals surface area contributed by atoms with Crippen molar-refractivity contribution in [2.75, 3.05) is 17.7 Å². The van der Waals surface area contributed by atoms with Crippen molar-refractivity contribution in [1.29, 1.82) is 0 Å². The number of nitrogens with one attached hydrogen (secondary N) is 1. The summed E-state index contributed by atoms with van der Waals surface area (Å²) in [5, 5.41) is 3.74. The number of nitrogens with zero attached hydrogens (tertiary/aromatic N) is 1. The maximum Gasteiger partial charge on any atom is 0.340 e. The summed E-state index contributed by atoms with van der Waals surface area (Å²) in [6.45, 7) is 2.50. The molecule has 0 fully saturated rings. The number of esters is 1. The summed E-state index contributed by atoms with van der Waals surface area (Å²) < 4.78 is 4.95. The largest absolute Gasteiger partial charge is 0.462 e. The van der Waals surface area contributed by atoms with E-state index in [1.165, 1.54) is 12.3 Å². The first-order valence-electron chi connectivity index (χ1n) is 6.52. The van der Waals surface area contributed by atoms with E-state index in [1.807, 2.05) is 24.3 Å². The number of nitrogens with two attached hydrogens (primary N) is 1. The topological polar surface area (TPSA) is 77.2 Å². The van der Waals surface area contributed by atoms with Crippen molar-refractivity contribution >= 4 is 29.1 Å². The average Bonchev–Trinajstić information content (AvgIpc) is 2.48. The van der Waals surface area contributed by atoms with E-state index in [1.54, 1.807) is 6.92 Å². The smallest absolute Gasteiger partial charge is 0.340 e. The van der Waals surface area contributed by atoms with Crippen molar-refractivity contribution in [2.24, 2.45) is 0 Å². The minimum Gasteiger partial charge on any atom is -0.462 e. The van der Waals surface area contributed by atoms with Gasteiger partial charge in [0.2, 0.25) is 0 Å². The molecule has 2 rings (SSSR count). The molecule has 0 saturated heterocycles. The molecule has 1 aromatic carbocycles. The number of halogens is 1. The molecule has 2 aromatic rings. The van der Waals surface area contributed by atoms with Crippen molar-refractivity contribution in [3.8, 4) is 0 Å². The van der Waals surface area contributed by atoms with Crippen molar-refractivity contribution in [2.45, 2.75) is 13.5 Å². The minimum absolute atomic E-state index is 0.267. The quantitative estimate of drug-likeness (QED) is 0.830. The van der Waals surface area contributed by atoms with Gasteiger partial charge in [0.05, 0.1) is 17.9 Å². The van der Waals surface area contributed by atoms with Crippen LogP contribution < -0.4 is 11.1 Å². The Balaban J connectivity index is 2.16. The molecule has 0 aliphatic rings. The Hall–Kier alpha value is -2.27. The number of pyridine rings is 1. The summed E-state index contributed by atoms with van der Waals surface area (Å²) in [5.74, 6) is -0.0290. The van der Waals surface area contributed by atoms with Gasteiger partial charge in [0.15, 0.2) is 0 Å². The number of carbonyl (C=O) groups is 1. The van der Waals surface area contributed by atoms with Gasteiger partial charge in [0.1, 0.15) is 5.82 Å². The van der Waals surface area contributed by atoms with E-state index in [-0.39, 0.29) is 5.69 Å². The van der Waals surface area contributed by atoms with E-state index in [0.717, 1.165) is 5.56 Å². The molecule has 21 heavy (non-hydrogen) atoms. The van der Waals surface area contributed by atoms with Gasteiger partial charge in [0, 0.05) is 17.8 Å². The second kappa shape index (κ2) is 6.95. The zero-order chi connectivity index (χ0) is 15.2. The highest BCUT2D eigenvalue weighted by atomic mass is 35.5. The van der Waals surface area contributed by atoms with Crippen LogP contribution in [0.5, 0.6) is 0 Å². The van der Waals surface area contributed by atoms with Crippen LogP contribution in [0.15, 0.2) is 36.5 Å². The van der Waals surface area contributed by atoms with Crippen molar-refractivity contribution in [3.05, 3.63) is 52.7 Å². The highest BCUT2D eigenvalue weighted by Crippen LogP contribution is 2.22. The van der Waals surface area contributed by atoms with Gasteiger partial charge in [-0.15, -0.1) is 0 Å². The highest BCUT2D eigenvalue weighted by Gasteiger charge is 2.14. The lowest BCUT2D eigenvalue weighted by Gasteiger charge is -2.12. The van der Waals surface area contributed by atoms with Crippen molar-refractivity contribution < 1.29 is 9.53 Å². The Bertz CT molecular complexity index is 647. The molecule has 0 aliphatic carbocycles. The zero-order valence-electron chi connectivity index (χ0n) is 11.6. The Kier molecular flexibility index (Phi) is 5.00. The second-order valence-electron chi connectivity index (χ2n) is 4.29. The number of hydrogen-bond acceptors (Lipinski definition) is 5. The fourth-order valence-corrected chi connectivity index (χ4v) is 2.02. The van der Waals surface area contributed by atoms with Crippen LogP contribution in [0.3, 0.4) is 0 Å². The van der Waals surface area contributed by atoms with Crippen LogP contribution in [0, 0.1) is 0 Å². The summed E-state index contributed by atoms with van der Waals surface area (Å²) in [6, 6.07) is 9.01. The molecule has 0 atom stereocenters. The van der Waals surface area contributed by atoms with Crippen LogP contribution in [0.1, 0.15) is 22.8 Å². The van der Waals surface area contributed by atoms with Crippen LogP contribution in [-0.2, 0) is 11.3 Å². The van der Waals surface area contributed by atoms with Gasteiger partial charge in [0.25, 0.3) is 0 Å². The fourth-order valence-electron chi connectivity index (χ4n) is 1.82. The third-order valence-corrected chi connectivity index (χ3v) is 3.26. The van der Waals surface area contributed by atoms with E-state index >= 15 is 0 Å². The number of aromatic nitrogens is 1. The summed E-state index contributed by atoms with van der Waals surface area (Å²) in [4.78, 5) is 15.9. The summed E-state index contributed by atoms with van der Waals surface area (Å²) in [6.07, 6.45) is 1.51. The van der Waals surface area contributed by atoms with E-state index in [4.69, 9.17) is 22.1 Å². The standard InChI is InChI=1S/C15H16ClN3O2/c1-2-21-15(20)11-7-8-18-14(13(11)17)19-9-10-5-3-4-6-12(10)16/h3-8H,2,9,17H2,1H3,(H,18,19). The predicted octanol–water partition coefficient (Wildman–Crippen LogP) is 3.11. The zero-order valence-corrected chi connectivity index (χ0v) is 12.4. The molecule has 0 radical (unpaired) electrons. The summed E-state index contributed by atoms with van der Waals surface area (Å²) >= 11 is 6.09. The van der Waals surface area contributed by atoms with Crippen molar-refractivity contribution in [3.63, 3.8) is 0 Å². The molecule has 1 aromatic heterocycles. The fraction of sp³-hybridized carbons (Fsp3) is 0.200. The van der Waals surface area contributed by atoms with Gasteiger partial charge in [-0.2, -0.15) is 0 Å². The molecule has 1 heterocycles. The van der Waals surface area contributed by atoms with Gasteiger partial charge in [-0.1, -0.05) is 29.8 Å². The first kappa shape index (κ1) is 15.1. The maximum absolute atomic E-state index is 11.8. The molecule has 110 valence electrons. The van der Waals surface area contributed by atoms with E-state index in [0.29, 0.717) is 29.6 Å². The monoisotopic (exact) mass is 305 g/mol. The molecule has 6 heteroatoms. The Morgan fingerprint density at radius 2 is 2.14 bits per heavy atom. The molecule has 3 N–H and O–H groups in total. The first-order chi connectivity index (χ1) is 10.1. The van der Waals surface area contributed by atoms with Gasteiger partial charge in [-0.3, -0.25) is 0 Å². The third kappa shape index (κ3) is 3.64. The Morgan fingerprint density at radius 3 is 2.86 bits per heavy atom. The minimum atomic E-state index is -0.460. The SMILES string of the molecule is CCOC(=O)c1ccnc(NCc2ccccc2Cl)c1N. The van der Waals surface area contributed by atoms with Gasteiger partial charge >= 0.3 is 5.97 Å². The van der Waals surface area contributed by atoms with Crippen LogP contribution in [0.2, 0.25) is 5.02 Å². The molecule has 0 bridgehead atoms. The average molecular weight is 306 g/mol. The van der Waals surface area contributed by atoms with Crippen LogP contribution in [0.25, 0.3) is 0 Å². The highest BCUT2D eigenvalue weighted by molar-refractivity contribution is 6.31. The molecule has 0 spiro atoms. The van der Waals surface area contributed by atoms with E-state index in [2.05, 4.69) is 10.3 Å². The second-order valence-corrected chi connectivity index (χ2v) is 4.69. The van der Waals surface area contributed by atoms with Crippen molar-refractivity contribution in [1.82, 2.24) is 4.98 Å². The number of rotatable bonds is 5. The van der Waals surface area contributed by atoms with Gasteiger partial charge in [-0.05, 0) is 24.6 Å². The number of ether oxygens (including phenoxy) is 1. The molecular formula is C15H16ClN3O2. The number of nitrogen functional groups attached to an aromatic ring is 1. The molecular weight excluding hydrogens is 290 g/mol. The number of hydrogen-bond donors (Lipinski definition) is 2. The summed E-state index contributed by atoms with van der Waals surface area (Å²) in [5.41, 5.74) is 7.44. The lowest BCUT2D eigenvalue weighted by Crippen LogP contribution is -2.12. The van der Waals surface area contributed by atoms with E-state index < -0.39 is 5.97 Å². The normalized spacial score (nSPS) is 10.2. The van der Waals surface area contributed by atoms with Gasteiger partial charge < -0.3 is 15.8 Å². The van der Waals surface area contributed by atoms with Crippen LogP contribution in [0.4, 0.5) is 11.5 Å². The van der Waals surface area contributed by atoms with Crippen LogP contribution >= 0.6 is 11.6 Å². The van der Waals surface area contributed by atoms with Gasteiger partial charge in [-0.25, -0.2) is 9.78 Å². The molecule has 0 aliphatic heterocycles. The van der Waals surface area contributed by atoms with E-state index in [9.17, 15) is 4.79 Å². The lowest BCUT2D eigenvalue weighted by molar-refractivity contribution is 0.0527.